The molecular weight excluding hydrogens is 246 g/mol. The van der Waals surface area contributed by atoms with Crippen LogP contribution in [0.25, 0.3) is 0 Å². The van der Waals surface area contributed by atoms with Gasteiger partial charge in [-0.3, -0.25) is 0 Å². The summed E-state index contributed by atoms with van der Waals surface area (Å²) in [5, 5.41) is 2.94. The van der Waals surface area contributed by atoms with Gasteiger partial charge in [0.1, 0.15) is 0 Å². The van der Waals surface area contributed by atoms with Crippen molar-refractivity contribution in [2.75, 3.05) is 50.2 Å². The van der Waals surface area contributed by atoms with Crippen LogP contribution in [0.1, 0.15) is 19.8 Å². The van der Waals surface area contributed by atoms with Gasteiger partial charge in [0.25, 0.3) is 0 Å². The number of anilines is 2. The minimum Gasteiger partial charge on any atom is -0.463 e. The summed E-state index contributed by atoms with van der Waals surface area (Å²) in [6.45, 7) is 5.83. The number of nitrogens with one attached hydrogen (secondary N) is 1. The lowest BCUT2D eigenvalue weighted by Gasteiger charge is -2.20. The summed E-state index contributed by atoms with van der Waals surface area (Å²) in [6.07, 6.45) is 1.90. The molecule has 0 aromatic carbocycles. The number of hydrogen-bond donors (Lipinski definition) is 1. The summed E-state index contributed by atoms with van der Waals surface area (Å²) in [7, 11) is 1.79. The van der Waals surface area contributed by atoms with Crippen LogP contribution in [0.3, 0.4) is 0 Å². The molecule has 2 heterocycles. The first-order valence-corrected chi connectivity index (χ1v) is 6.72. The van der Waals surface area contributed by atoms with E-state index < -0.39 is 0 Å². The first-order valence-electron chi connectivity index (χ1n) is 6.72. The van der Waals surface area contributed by atoms with Gasteiger partial charge in [0, 0.05) is 26.7 Å². The Labute approximate surface area is 113 Å². The van der Waals surface area contributed by atoms with Crippen molar-refractivity contribution in [3.63, 3.8) is 0 Å². The van der Waals surface area contributed by atoms with Crippen molar-refractivity contribution in [1.82, 2.24) is 15.0 Å². The molecule has 0 amide bonds. The first-order chi connectivity index (χ1) is 9.33. The van der Waals surface area contributed by atoms with Crippen molar-refractivity contribution >= 4 is 11.9 Å². The summed E-state index contributed by atoms with van der Waals surface area (Å²) in [5.74, 6) is 1.18. The largest absolute Gasteiger partial charge is 0.463 e. The van der Waals surface area contributed by atoms with Crippen LogP contribution in [-0.4, -0.2) is 54.9 Å². The van der Waals surface area contributed by atoms with Gasteiger partial charge in [0.2, 0.25) is 11.9 Å². The monoisotopic (exact) mass is 267 g/mol. The predicted octanol–water partition coefficient (Wildman–Crippen LogP) is 0.929. The van der Waals surface area contributed by atoms with Crippen molar-refractivity contribution < 1.29 is 9.47 Å². The normalized spacial score (nSPS) is 16.0. The van der Waals surface area contributed by atoms with Crippen LogP contribution in [0.5, 0.6) is 6.01 Å². The number of aromatic nitrogens is 3. The summed E-state index contributed by atoms with van der Waals surface area (Å²) < 4.78 is 10.9. The minimum atomic E-state index is 0.376. The first kappa shape index (κ1) is 13.8. The molecule has 0 radical (unpaired) electrons. The van der Waals surface area contributed by atoms with E-state index in [1.807, 2.05) is 6.92 Å². The minimum absolute atomic E-state index is 0.376. The Bertz CT molecular complexity index is 394. The highest BCUT2D eigenvalue weighted by Gasteiger charge is 2.15. The van der Waals surface area contributed by atoms with Gasteiger partial charge in [0.15, 0.2) is 0 Å². The molecule has 19 heavy (non-hydrogen) atoms. The Morgan fingerprint density at radius 2 is 2.16 bits per heavy atom. The highest BCUT2D eigenvalue weighted by Crippen LogP contribution is 2.16. The SMILES string of the molecule is CCCOc1nc(NC)nc(N2CCCOCC2)n1. The molecule has 1 saturated heterocycles. The molecule has 1 aromatic heterocycles. The highest BCUT2D eigenvalue weighted by atomic mass is 16.5. The fourth-order valence-corrected chi connectivity index (χ4v) is 1.80. The van der Waals surface area contributed by atoms with Crippen molar-refractivity contribution in [1.29, 1.82) is 0 Å². The van der Waals surface area contributed by atoms with Crippen LogP contribution in [0, 0.1) is 0 Å². The van der Waals surface area contributed by atoms with E-state index in [2.05, 4.69) is 25.2 Å². The third-order valence-corrected chi connectivity index (χ3v) is 2.77. The molecule has 0 aliphatic carbocycles. The Balaban J connectivity index is 2.17. The van der Waals surface area contributed by atoms with E-state index in [9.17, 15) is 0 Å². The second-order valence-electron chi connectivity index (χ2n) is 4.29. The second kappa shape index (κ2) is 7.08. The molecule has 1 aromatic rings. The Morgan fingerprint density at radius 3 is 2.95 bits per heavy atom. The van der Waals surface area contributed by atoms with E-state index in [0.717, 1.165) is 32.5 Å². The molecular formula is C12H21N5O2. The number of nitrogens with zero attached hydrogens (tertiary/aromatic N) is 4. The van der Waals surface area contributed by atoms with Crippen molar-refractivity contribution in [3.05, 3.63) is 0 Å². The molecule has 1 aliphatic rings. The Kier molecular flexibility index (Phi) is 5.14. The van der Waals surface area contributed by atoms with Gasteiger partial charge in [-0.25, -0.2) is 0 Å². The maximum absolute atomic E-state index is 5.50. The molecule has 1 N–H and O–H groups in total. The summed E-state index contributed by atoms with van der Waals surface area (Å²) in [4.78, 5) is 15.1. The topological polar surface area (TPSA) is 72.4 Å². The highest BCUT2D eigenvalue weighted by molar-refractivity contribution is 5.38. The average molecular weight is 267 g/mol. The predicted molar refractivity (Wildman–Crippen MR) is 72.8 cm³/mol. The van der Waals surface area contributed by atoms with Crippen LogP contribution in [-0.2, 0) is 4.74 Å². The molecule has 0 spiro atoms. The standard InChI is InChI=1S/C12H21N5O2/c1-3-7-19-12-15-10(13-2)14-11(16-12)17-5-4-8-18-9-6-17/h3-9H2,1-2H3,(H,13,14,15,16). The van der Waals surface area contributed by atoms with E-state index in [1.165, 1.54) is 0 Å². The zero-order valence-corrected chi connectivity index (χ0v) is 11.6. The van der Waals surface area contributed by atoms with Gasteiger partial charge in [-0.2, -0.15) is 15.0 Å². The lowest BCUT2D eigenvalue weighted by molar-refractivity contribution is 0.152. The van der Waals surface area contributed by atoms with E-state index in [1.54, 1.807) is 7.05 Å². The maximum atomic E-state index is 5.50. The summed E-state index contributed by atoms with van der Waals surface area (Å²) in [6, 6.07) is 0.376. The maximum Gasteiger partial charge on any atom is 0.323 e. The third kappa shape index (κ3) is 3.92. The lowest BCUT2D eigenvalue weighted by Crippen LogP contribution is -2.28. The van der Waals surface area contributed by atoms with Crippen LogP contribution >= 0.6 is 0 Å². The molecule has 0 bridgehead atoms. The zero-order valence-electron chi connectivity index (χ0n) is 11.6. The van der Waals surface area contributed by atoms with Gasteiger partial charge in [-0.15, -0.1) is 0 Å². The van der Waals surface area contributed by atoms with Crippen molar-refractivity contribution in [2.24, 2.45) is 0 Å². The lowest BCUT2D eigenvalue weighted by atomic mass is 10.4. The van der Waals surface area contributed by atoms with E-state index in [-0.39, 0.29) is 0 Å². The molecule has 7 heteroatoms. The van der Waals surface area contributed by atoms with Crippen LogP contribution in [0.15, 0.2) is 0 Å². The van der Waals surface area contributed by atoms with Crippen molar-refractivity contribution in [2.45, 2.75) is 19.8 Å². The van der Waals surface area contributed by atoms with Gasteiger partial charge < -0.3 is 19.7 Å². The van der Waals surface area contributed by atoms with Crippen LogP contribution in [0.2, 0.25) is 0 Å². The van der Waals surface area contributed by atoms with Gasteiger partial charge >= 0.3 is 6.01 Å². The summed E-state index contributed by atoms with van der Waals surface area (Å²) >= 11 is 0. The van der Waals surface area contributed by atoms with Gasteiger partial charge in [-0.1, -0.05) is 6.92 Å². The number of rotatable bonds is 5. The molecule has 1 aliphatic heterocycles. The van der Waals surface area contributed by atoms with E-state index >= 15 is 0 Å². The Hall–Kier alpha value is -1.63. The zero-order chi connectivity index (χ0) is 13.5. The van der Waals surface area contributed by atoms with Gasteiger partial charge in [-0.05, 0) is 12.8 Å². The summed E-state index contributed by atoms with van der Waals surface area (Å²) in [5.41, 5.74) is 0. The molecule has 0 unspecified atom stereocenters. The number of hydrogen-bond acceptors (Lipinski definition) is 7. The van der Waals surface area contributed by atoms with E-state index in [4.69, 9.17) is 9.47 Å². The third-order valence-electron chi connectivity index (χ3n) is 2.77. The van der Waals surface area contributed by atoms with E-state index in [0.29, 0.717) is 31.1 Å². The van der Waals surface area contributed by atoms with Gasteiger partial charge in [0.05, 0.1) is 13.2 Å². The van der Waals surface area contributed by atoms with Crippen LogP contribution in [0.4, 0.5) is 11.9 Å². The molecule has 2 rings (SSSR count). The van der Waals surface area contributed by atoms with Crippen LogP contribution < -0.4 is 15.0 Å². The van der Waals surface area contributed by atoms with Crippen molar-refractivity contribution in [3.8, 4) is 6.01 Å². The second-order valence-corrected chi connectivity index (χ2v) is 4.29. The fraction of sp³-hybridized carbons (Fsp3) is 0.750. The Morgan fingerprint density at radius 1 is 1.26 bits per heavy atom. The molecule has 0 atom stereocenters. The smallest absolute Gasteiger partial charge is 0.323 e. The average Bonchev–Trinajstić information content (AvgIpc) is 2.73. The molecule has 1 fully saturated rings. The molecule has 7 nitrogen and oxygen atoms in total. The molecule has 106 valence electrons. The molecule has 0 saturated carbocycles. The number of ether oxygens (including phenoxy) is 2. The quantitative estimate of drug-likeness (QED) is 0.850. The fourth-order valence-electron chi connectivity index (χ4n) is 1.80.